The van der Waals surface area contributed by atoms with E-state index in [4.69, 9.17) is 0 Å². The largest absolute Gasteiger partial charge is 0.379 e. The van der Waals surface area contributed by atoms with Gasteiger partial charge in [-0.3, -0.25) is 5.32 Å². The molecule has 1 aliphatic rings. The van der Waals surface area contributed by atoms with Crippen LogP contribution < -0.4 is 5.32 Å². The first-order valence-corrected chi connectivity index (χ1v) is 4.20. The molecule has 0 aromatic rings. The highest BCUT2D eigenvalue weighted by molar-refractivity contribution is 4.63. The average molecular weight is 143 g/mol. The predicted molar refractivity (Wildman–Crippen MR) is 41.6 cm³/mol. The molecule has 0 spiro atoms. The minimum absolute atomic E-state index is 0.243. The summed E-state index contributed by atoms with van der Waals surface area (Å²) in [4.78, 5) is 0. The van der Waals surface area contributed by atoms with Gasteiger partial charge in [0.15, 0.2) is 0 Å². The molecule has 0 aliphatic carbocycles. The van der Waals surface area contributed by atoms with Gasteiger partial charge in [-0.15, -0.1) is 0 Å². The molecule has 2 unspecified atom stereocenters. The van der Waals surface area contributed by atoms with E-state index in [9.17, 15) is 5.11 Å². The Kier molecular flexibility index (Phi) is 3.16. The predicted octanol–water partition coefficient (Wildman–Crippen LogP) is 1.10. The number of hydrogen-bond acceptors (Lipinski definition) is 2. The van der Waals surface area contributed by atoms with Gasteiger partial charge in [-0.05, 0) is 31.7 Å². The Morgan fingerprint density at radius 1 is 1.30 bits per heavy atom. The fourth-order valence-electron chi connectivity index (χ4n) is 1.40. The Hall–Kier alpha value is -0.0800. The molecule has 1 heterocycles. The summed E-state index contributed by atoms with van der Waals surface area (Å²) in [6.07, 6.45) is 4.32. The highest BCUT2D eigenvalue weighted by atomic mass is 16.3. The lowest BCUT2D eigenvalue weighted by Crippen LogP contribution is -2.32. The Morgan fingerprint density at radius 2 is 2.10 bits per heavy atom. The van der Waals surface area contributed by atoms with Crippen molar-refractivity contribution in [1.29, 1.82) is 0 Å². The van der Waals surface area contributed by atoms with Crippen molar-refractivity contribution in [3.05, 3.63) is 0 Å². The molecule has 1 rings (SSSR count). The monoisotopic (exact) mass is 143 g/mol. The summed E-state index contributed by atoms with van der Waals surface area (Å²) in [6.45, 7) is 3.25. The van der Waals surface area contributed by atoms with Crippen LogP contribution in [0.1, 0.15) is 32.6 Å². The van der Waals surface area contributed by atoms with Gasteiger partial charge >= 0.3 is 0 Å². The van der Waals surface area contributed by atoms with Gasteiger partial charge in [-0.2, -0.15) is 0 Å². The second-order valence-electron chi connectivity index (χ2n) is 3.29. The Bertz CT molecular complexity index is 75.3. The molecule has 0 aromatic carbocycles. The maximum Gasteiger partial charge on any atom is 0.104 e. The average Bonchev–Trinajstić information content (AvgIpc) is 1.84. The van der Waals surface area contributed by atoms with E-state index in [1.807, 2.05) is 0 Å². The Labute approximate surface area is 62.6 Å². The Morgan fingerprint density at radius 3 is 2.90 bits per heavy atom. The molecule has 2 atom stereocenters. The lowest BCUT2D eigenvalue weighted by atomic mass is 9.98. The Balaban J connectivity index is 2.21. The van der Waals surface area contributed by atoms with Crippen molar-refractivity contribution in [1.82, 2.24) is 5.32 Å². The lowest BCUT2D eigenvalue weighted by Gasteiger charge is -2.19. The number of hydrogen-bond donors (Lipinski definition) is 2. The third-order valence-corrected chi connectivity index (χ3v) is 2.19. The fraction of sp³-hybridized carbons (Fsp3) is 1.00. The summed E-state index contributed by atoms with van der Waals surface area (Å²) in [6, 6.07) is 0. The van der Waals surface area contributed by atoms with Crippen LogP contribution in [0.3, 0.4) is 0 Å². The van der Waals surface area contributed by atoms with Crippen LogP contribution in [0.4, 0.5) is 0 Å². The highest BCUT2D eigenvalue weighted by Gasteiger charge is 2.09. The molecular formula is C8H17NO. The molecule has 0 radical (unpaired) electrons. The summed E-state index contributed by atoms with van der Waals surface area (Å²) in [7, 11) is 0. The fourth-order valence-corrected chi connectivity index (χ4v) is 1.40. The highest BCUT2D eigenvalue weighted by Crippen LogP contribution is 2.14. The van der Waals surface area contributed by atoms with Gasteiger partial charge in [0.2, 0.25) is 0 Å². The van der Waals surface area contributed by atoms with E-state index in [1.165, 1.54) is 12.8 Å². The number of rotatable bonds is 0. The van der Waals surface area contributed by atoms with E-state index in [1.54, 1.807) is 0 Å². The smallest absolute Gasteiger partial charge is 0.104 e. The van der Waals surface area contributed by atoms with Gasteiger partial charge < -0.3 is 5.11 Å². The molecule has 1 saturated heterocycles. The van der Waals surface area contributed by atoms with Gasteiger partial charge in [-0.1, -0.05) is 13.3 Å². The van der Waals surface area contributed by atoms with E-state index < -0.39 is 0 Å². The van der Waals surface area contributed by atoms with E-state index in [0.717, 1.165) is 25.3 Å². The van der Waals surface area contributed by atoms with Gasteiger partial charge in [0.25, 0.3) is 0 Å². The zero-order chi connectivity index (χ0) is 7.40. The molecule has 2 nitrogen and oxygen atoms in total. The maximum atomic E-state index is 9.19. The van der Waals surface area contributed by atoms with Crippen LogP contribution >= 0.6 is 0 Å². The van der Waals surface area contributed by atoms with E-state index in [2.05, 4.69) is 12.2 Å². The molecule has 0 aromatic heterocycles. The third kappa shape index (κ3) is 2.67. The molecule has 10 heavy (non-hydrogen) atoms. The lowest BCUT2D eigenvalue weighted by molar-refractivity contribution is 0.113. The van der Waals surface area contributed by atoms with Crippen LogP contribution in [-0.4, -0.2) is 17.9 Å². The zero-order valence-electron chi connectivity index (χ0n) is 6.64. The second kappa shape index (κ2) is 3.94. The topological polar surface area (TPSA) is 32.3 Å². The van der Waals surface area contributed by atoms with Crippen molar-refractivity contribution >= 4 is 0 Å². The van der Waals surface area contributed by atoms with Gasteiger partial charge in [-0.25, -0.2) is 0 Å². The third-order valence-electron chi connectivity index (χ3n) is 2.19. The zero-order valence-corrected chi connectivity index (χ0v) is 6.64. The summed E-state index contributed by atoms with van der Waals surface area (Å²) >= 11 is 0. The second-order valence-corrected chi connectivity index (χ2v) is 3.29. The van der Waals surface area contributed by atoms with Crippen molar-refractivity contribution < 1.29 is 5.11 Å². The van der Waals surface area contributed by atoms with Crippen LogP contribution in [0.15, 0.2) is 0 Å². The normalized spacial score (nSPS) is 36.6. The van der Waals surface area contributed by atoms with Crippen molar-refractivity contribution in [2.24, 2.45) is 5.92 Å². The number of aliphatic hydroxyl groups is 1. The first-order valence-electron chi connectivity index (χ1n) is 4.20. The first-order chi connectivity index (χ1) is 4.79. The standard InChI is InChI=1S/C8H17NO/c1-7-3-2-4-8(10)9-6-5-7/h7-10H,2-6H2,1H3. The molecule has 0 saturated carbocycles. The molecule has 0 amide bonds. The molecule has 0 bridgehead atoms. The van der Waals surface area contributed by atoms with Crippen LogP contribution in [0, 0.1) is 5.92 Å². The first kappa shape index (κ1) is 8.02. The minimum Gasteiger partial charge on any atom is -0.379 e. The van der Waals surface area contributed by atoms with Crippen molar-refractivity contribution in [3.63, 3.8) is 0 Å². The van der Waals surface area contributed by atoms with Crippen molar-refractivity contribution in [3.8, 4) is 0 Å². The summed E-state index contributed by atoms with van der Waals surface area (Å²) in [5, 5.41) is 12.3. The summed E-state index contributed by atoms with van der Waals surface area (Å²) < 4.78 is 0. The summed E-state index contributed by atoms with van der Waals surface area (Å²) in [5.41, 5.74) is 0. The molecule has 2 heteroatoms. The summed E-state index contributed by atoms with van der Waals surface area (Å²) in [5.74, 6) is 0.833. The van der Waals surface area contributed by atoms with Gasteiger partial charge in [0.05, 0.1) is 0 Å². The molecule has 1 aliphatic heterocycles. The van der Waals surface area contributed by atoms with Crippen LogP contribution in [0.2, 0.25) is 0 Å². The van der Waals surface area contributed by atoms with Crippen LogP contribution in [-0.2, 0) is 0 Å². The minimum atomic E-state index is -0.243. The van der Waals surface area contributed by atoms with Crippen LogP contribution in [0.25, 0.3) is 0 Å². The quantitative estimate of drug-likeness (QED) is 0.532. The molecule has 2 N–H and O–H groups in total. The molecular weight excluding hydrogens is 126 g/mol. The molecule has 60 valence electrons. The van der Waals surface area contributed by atoms with Crippen molar-refractivity contribution in [2.75, 3.05) is 6.54 Å². The maximum absolute atomic E-state index is 9.19. The number of aliphatic hydroxyl groups excluding tert-OH is 1. The van der Waals surface area contributed by atoms with E-state index in [0.29, 0.717) is 0 Å². The number of nitrogens with one attached hydrogen (secondary N) is 1. The van der Waals surface area contributed by atoms with Crippen LogP contribution in [0.5, 0.6) is 0 Å². The van der Waals surface area contributed by atoms with E-state index >= 15 is 0 Å². The SMILES string of the molecule is CC1CCCC(O)NCC1. The van der Waals surface area contributed by atoms with Gasteiger partial charge in [0.1, 0.15) is 6.23 Å². The molecule has 1 fully saturated rings. The van der Waals surface area contributed by atoms with E-state index in [-0.39, 0.29) is 6.23 Å². The van der Waals surface area contributed by atoms with Crippen molar-refractivity contribution in [2.45, 2.75) is 38.8 Å². The van der Waals surface area contributed by atoms with Gasteiger partial charge in [0, 0.05) is 0 Å².